The number of pyridine rings is 1. The Hall–Kier alpha value is -2.54. The van der Waals surface area contributed by atoms with Crippen molar-refractivity contribution in [2.45, 2.75) is 25.4 Å². The molecule has 2 aromatic rings. The Morgan fingerprint density at radius 1 is 1.22 bits per heavy atom. The number of carbonyl (C=O) groups is 1. The van der Waals surface area contributed by atoms with Gasteiger partial charge in [0.05, 0.1) is 40.7 Å². The van der Waals surface area contributed by atoms with Crippen molar-refractivity contribution >= 4 is 50.4 Å². The van der Waals surface area contributed by atoms with Crippen molar-refractivity contribution < 1.29 is 35.9 Å². The number of hydrogen-bond acceptors (Lipinski definition) is 6. The van der Waals surface area contributed by atoms with Crippen molar-refractivity contribution in [3.63, 3.8) is 0 Å². The lowest BCUT2D eigenvalue weighted by atomic mass is 9.94. The van der Waals surface area contributed by atoms with Crippen molar-refractivity contribution in [3.8, 4) is 17.4 Å². The van der Waals surface area contributed by atoms with Gasteiger partial charge in [0.2, 0.25) is 21.8 Å². The van der Waals surface area contributed by atoms with E-state index >= 15 is 0 Å². The smallest absolute Gasteiger partial charge is 0.416 e. The van der Waals surface area contributed by atoms with E-state index in [0.29, 0.717) is 31.6 Å². The van der Waals surface area contributed by atoms with Gasteiger partial charge in [0.15, 0.2) is 5.75 Å². The third-order valence-corrected chi connectivity index (χ3v) is 7.57. The number of methoxy groups -OCH3 is 1. The first kappa shape index (κ1) is 29.0. The second kappa shape index (κ2) is 11.5. The zero-order valence-electron chi connectivity index (χ0n) is 19.9. The lowest BCUT2D eigenvalue weighted by Gasteiger charge is -2.29. The van der Waals surface area contributed by atoms with E-state index in [-0.39, 0.29) is 45.7 Å². The van der Waals surface area contributed by atoms with Crippen LogP contribution in [0.25, 0.3) is 5.57 Å². The van der Waals surface area contributed by atoms with Crippen molar-refractivity contribution in [1.82, 2.24) is 9.29 Å². The molecule has 1 aromatic carbocycles. The number of alkyl halides is 3. The Balaban J connectivity index is 1.69. The van der Waals surface area contributed by atoms with Gasteiger partial charge in [-0.25, -0.2) is 17.7 Å². The molecule has 1 saturated heterocycles. The van der Waals surface area contributed by atoms with E-state index in [1.54, 1.807) is 0 Å². The van der Waals surface area contributed by atoms with Crippen LogP contribution in [-0.4, -0.2) is 56.2 Å². The molecule has 8 nitrogen and oxygen atoms in total. The second-order valence-corrected chi connectivity index (χ2v) is 11.2. The van der Waals surface area contributed by atoms with Crippen LogP contribution in [0.15, 0.2) is 31.0 Å². The largest absolute Gasteiger partial charge is 0.481 e. The number of benzene rings is 1. The highest BCUT2D eigenvalue weighted by molar-refractivity contribution is 7.88. The van der Waals surface area contributed by atoms with Crippen molar-refractivity contribution in [3.05, 3.63) is 46.6 Å². The summed E-state index contributed by atoms with van der Waals surface area (Å²) in [5, 5.41) is 2.69. The van der Waals surface area contributed by atoms with Crippen molar-refractivity contribution in [1.29, 1.82) is 0 Å². The molecule has 0 bridgehead atoms. The predicted octanol–water partition coefficient (Wildman–Crippen LogP) is 5.77. The molecule has 14 heteroatoms. The summed E-state index contributed by atoms with van der Waals surface area (Å²) in [7, 11) is -2.08. The lowest BCUT2D eigenvalue weighted by Crippen LogP contribution is -2.38. The van der Waals surface area contributed by atoms with Crippen LogP contribution < -0.4 is 14.8 Å². The maximum Gasteiger partial charge on any atom is 0.416 e. The normalized spacial score (nSPS) is 15.3. The van der Waals surface area contributed by atoms with Crippen LogP contribution in [0.4, 0.5) is 18.9 Å². The minimum atomic E-state index is -4.71. The number of ether oxygens (including phenoxy) is 2. The number of rotatable bonds is 8. The highest BCUT2D eigenvalue weighted by atomic mass is 35.5. The molecule has 0 atom stereocenters. The number of amides is 1. The highest BCUT2D eigenvalue weighted by Gasteiger charge is 2.35. The summed E-state index contributed by atoms with van der Waals surface area (Å²) in [5.74, 6) is -0.706. The SMILES string of the molecule is C=C(c1cc(Oc2c(Cl)cc(NC(=O)CC3CCN(S(C)(=O)=O)CC3)cc2Cl)cnc1OC)C(F)(F)F. The highest BCUT2D eigenvalue weighted by Crippen LogP contribution is 2.42. The third kappa shape index (κ3) is 7.50. The van der Waals surface area contributed by atoms with E-state index in [4.69, 9.17) is 32.7 Å². The van der Waals surface area contributed by atoms with Gasteiger partial charge in [-0.1, -0.05) is 29.8 Å². The summed E-state index contributed by atoms with van der Waals surface area (Å²) in [5.41, 5.74) is -1.29. The molecule has 202 valence electrons. The van der Waals surface area contributed by atoms with E-state index in [1.807, 2.05) is 0 Å². The number of nitrogens with zero attached hydrogens (tertiary/aromatic N) is 2. The standard InChI is InChI=1S/C23H24Cl2F3N3O5S/c1-13(23(26,27)28)17-11-16(12-29-22(17)35-2)36-21-18(24)9-15(10-19(21)25)30-20(32)8-14-4-6-31(7-5-14)37(3,33)34/h9-12,14H,1,4-8H2,2-3H3,(H,30,32). The van der Waals surface area contributed by atoms with Crippen molar-refractivity contribution in [2.75, 3.05) is 31.8 Å². The predicted molar refractivity (Wildman–Crippen MR) is 135 cm³/mol. The molecule has 1 amide bonds. The molecule has 1 aromatic heterocycles. The molecule has 3 rings (SSSR count). The summed E-state index contributed by atoms with van der Waals surface area (Å²) >= 11 is 12.6. The molecule has 37 heavy (non-hydrogen) atoms. The van der Waals surface area contributed by atoms with E-state index in [9.17, 15) is 26.4 Å². The van der Waals surface area contributed by atoms with Crippen LogP contribution >= 0.6 is 23.2 Å². The molecular weight excluding hydrogens is 558 g/mol. The van der Waals surface area contributed by atoms with Crippen LogP contribution in [0.2, 0.25) is 10.0 Å². The van der Waals surface area contributed by atoms with Crippen molar-refractivity contribution in [2.24, 2.45) is 5.92 Å². The second-order valence-electron chi connectivity index (χ2n) is 8.43. The average Bonchev–Trinajstić information content (AvgIpc) is 2.80. The summed E-state index contributed by atoms with van der Waals surface area (Å²) in [6.45, 7) is 3.78. The quantitative estimate of drug-likeness (QED) is 0.425. The Bertz CT molecular complexity index is 1270. The van der Waals surface area contributed by atoms with Crippen LogP contribution in [0.3, 0.4) is 0 Å². The molecule has 1 N–H and O–H groups in total. The van der Waals surface area contributed by atoms with Gasteiger partial charge in [0, 0.05) is 25.2 Å². The average molecular weight is 582 g/mol. The summed E-state index contributed by atoms with van der Waals surface area (Å²) in [6.07, 6.45) is -1.10. The summed E-state index contributed by atoms with van der Waals surface area (Å²) in [6, 6.07) is 3.83. The molecule has 1 aliphatic heterocycles. The van der Waals surface area contributed by atoms with Crippen LogP contribution in [0.5, 0.6) is 17.4 Å². The number of halogens is 5. The van der Waals surface area contributed by atoms with E-state index in [2.05, 4.69) is 16.9 Å². The van der Waals surface area contributed by atoms with E-state index in [0.717, 1.165) is 18.5 Å². The fourth-order valence-electron chi connectivity index (χ4n) is 3.79. The van der Waals surface area contributed by atoms with Gasteiger partial charge in [-0.05, 0) is 37.0 Å². The van der Waals surface area contributed by atoms with Gasteiger partial charge in [0.1, 0.15) is 5.75 Å². The van der Waals surface area contributed by atoms with Gasteiger partial charge in [-0.15, -0.1) is 0 Å². The van der Waals surface area contributed by atoms with Crippen LogP contribution in [0.1, 0.15) is 24.8 Å². The first-order valence-corrected chi connectivity index (χ1v) is 13.5. The van der Waals surface area contributed by atoms with Crippen LogP contribution in [0, 0.1) is 5.92 Å². The number of carbonyl (C=O) groups excluding carboxylic acids is 1. The number of piperidine rings is 1. The number of anilines is 1. The van der Waals surface area contributed by atoms with Crippen LogP contribution in [-0.2, 0) is 14.8 Å². The Morgan fingerprint density at radius 2 is 1.81 bits per heavy atom. The molecule has 0 aliphatic carbocycles. The van der Waals surface area contributed by atoms with Gasteiger partial charge >= 0.3 is 6.18 Å². The number of nitrogens with one attached hydrogen (secondary N) is 1. The minimum absolute atomic E-state index is 0.00345. The zero-order valence-corrected chi connectivity index (χ0v) is 22.2. The molecule has 0 unspecified atom stereocenters. The number of hydrogen-bond donors (Lipinski definition) is 1. The fraction of sp³-hybridized carbons (Fsp3) is 0.391. The number of allylic oxidation sites excluding steroid dienone is 1. The topological polar surface area (TPSA) is 97.8 Å². The number of aromatic nitrogens is 1. The minimum Gasteiger partial charge on any atom is -0.481 e. The molecular formula is C23H24Cl2F3N3O5S. The van der Waals surface area contributed by atoms with Gasteiger partial charge < -0.3 is 14.8 Å². The first-order valence-electron chi connectivity index (χ1n) is 10.9. The van der Waals surface area contributed by atoms with E-state index < -0.39 is 27.3 Å². The Morgan fingerprint density at radius 3 is 2.32 bits per heavy atom. The fourth-order valence-corrected chi connectivity index (χ4v) is 5.23. The summed E-state index contributed by atoms with van der Waals surface area (Å²) in [4.78, 5) is 16.3. The van der Waals surface area contributed by atoms with E-state index in [1.165, 1.54) is 23.5 Å². The molecule has 2 heterocycles. The maximum absolute atomic E-state index is 13.2. The molecule has 1 aliphatic rings. The third-order valence-electron chi connectivity index (χ3n) is 5.71. The monoisotopic (exact) mass is 581 g/mol. The Kier molecular flexibility index (Phi) is 8.99. The van der Waals surface area contributed by atoms with Gasteiger partial charge in [-0.3, -0.25) is 4.79 Å². The Labute approximate surface area is 222 Å². The molecule has 0 saturated carbocycles. The lowest BCUT2D eigenvalue weighted by molar-refractivity contribution is -0.117. The molecule has 0 spiro atoms. The van der Waals surface area contributed by atoms with Gasteiger partial charge in [0.25, 0.3) is 0 Å². The number of sulfonamides is 1. The van der Waals surface area contributed by atoms with Gasteiger partial charge in [-0.2, -0.15) is 13.2 Å². The molecule has 1 fully saturated rings. The molecule has 0 radical (unpaired) electrons. The summed E-state index contributed by atoms with van der Waals surface area (Å²) < 4.78 is 74.7. The maximum atomic E-state index is 13.2. The zero-order chi connectivity index (χ0) is 27.5. The first-order chi connectivity index (χ1) is 17.2.